The molecule has 0 atom stereocenters. The van der Waals surface area contributed by atoms with E-state index in [0.717, 1.165) is 28.8 Å². The summed E-state index contributed by atoms with van der Waals surface area (Å²) in [5.41, 5.74) is 8.83. The summed E-state index contributed by atoms with van der Waals surface area (Å²) in [5.74, 6) is 1.27. The van der Waals surface area contributed by atoms with Gasteiger partial charge in [-0.15, -0.1) is 0 Å². The summed E-state index contributed by atoms with van der Waals surface area (Å²) in [5, 5.41) is 11.4. The molecule has 0 aliphatic heterocycles. The van der Waals surface area contributed by atoms with Crippen LogP contribution < -0.4 is 11.1 Å². The summed E-state index contributed by atoms with van der Waals surface area (Å²) >= 11 is 1.92. The zero-order valence-corrected chi connectivity index (χ0v) is 12.2. The van der Waals surface area contributed by atoms with Crippen molar-refractivity contribution in [1.29, 1.82) is 0 Å². The van der Waals surface area contributed by atoms with E-state index in [1.54, 1.807) is 6.20 Å². The number of nitrogen functional groups attached to an aromatic ring is 1. The Kier molecular flexibility index (Phi) is 5.39. The van der Waals surface area contributed by atoms with Crippen molar-refractivity contribution in [3.63, 3.8) is 0 Å². The van der Waals surface area contributed by atoms with Crippen LogP contribution in [0.1, 0.15) is 25.7 Å². The van der Waals surface area contributed by atoms with E-state index in [-0.39, 0.29) is 0 Å². The summed E-state index contributed by atoms with van der Waals surface area (Å²) in [6, 6.07) is 3.99. The Morgan fingerprint density at radius 3 is 2.95 bits per heavy atom. The molecule has 0 bridgehead atoms. The normalized spacial score (nSPS) is 11.0. The number of benzene rings is 1. The van der Waals surface area contributed by atoms with Crippen molar-refractivity contribution in [1.82, 2.24) is 10.2 Å². The highest BCUT2D eigenvalue weighted by molar-refractivity contribution is 7.98. The minimum atomic E-state index is 0.788. The molecule has 0 saturated carbocycles. The van der Waals surface area contributed by atoms with Crippen LogP contribution in [-0.2, 0) is 0 Å². The lowest BCUT2D eigenvalue weighted by molar-refractivity contribution is 0.689. The van der Waals surface area contributed by atoms with Crippen LogP contribution in [0.2, 0.25) is 0 Å². The van der Waals surface area contributed by atoms with Crippen molar-refractivity contribution >= 4 is 34.0 Å². The monoisotopic (exact) mass is 278 g/mol. The Bertz CT molecular complexity index is 509. The van der Waals surface area contributed by atoms with Gasteiger partial charge < -0.3 is 11.1 Å². The lowest BCUT2D eigenvalue weighted by Gasteiger charge is -2.09. The standard InChI is InChI=1S/C14H22N4S/c1-19-7-5-3-2-4-6-16-14-9-13-11(8-12(14)15)10-17-18-13/h8-10,16H,2-7,15H2,1H3,(H,17,18). The Morgan fingerprint density at radius 2 is 2.11 bits per heavy atom. The predicted octanol–water partition coefficient (Wildman–Crippen LogP) is 3.48. The Hall–Kier alpha value is -1.36. The van der Waals surface area contributed by atoms with Crippen molar-refractivity contribution in [2.45, 2.75) is 25.7 Å². The molecular weight excluding hydrogens is 256 g/mol. The number of hydrogen-bond donors (Lipinski definition) is 3. The number of H-pyrrole nitrogens is 1. The summed E-state index contributed by atoms with van der Waals surface area (Å²) in [4.78, 5) is 0. The van der Waals surface area contributed by atoms with E-state index in [1.165, 1.54) is 31.4 Å². The minimum Gasteiger partial charge on any atom is -0.397 e. The molecule has 0 aliphatic carbocycles. The average molecular weight is 278 g/mol. The maximum Gasteiger partial charge on any atom is 0.0672 e. The summed E-state index contributed by atoms with van der Waals surface area (Å²) < 4.78 is 0. The molecule has 0 amide bonds. The number of fused-ring (bicyclic) bond motifs is 1. The fourth-order valence-electron chi connectivity index (χ4n) is 2.11. The molecule has 1 aromatic heterocycles. The van der Waals surface area contributed by atoms with Crippen molar-refractivity contribution < 1.29 is 0 Å². The van der Waals surface area contributed by atoms with Gasteiger partial charge >= 0.3 is 0 Å². The lowest BCUT2D eigenvalue weighted by atomic mass is 10.2. The van der Waals surface area contributed by atoms with Crippen LogP contribution >= 0.6 is 11.8 Å². The number of aromatic amines is 1. The molecule has 0 fully saturated rings. The van der Waals surface area contributed by atoms with E-state index in [1.807, 2.05) is 23.9 Å². The highest BCUT2D eigenvalue weighted by Crippen LogP contribution is 2.24. The second-order valence-corrected chi connectivity index (χ2v) is 5.72. The van der Waals surface area contributed by atoms with Gasteiger partial charge in [-0.1, -0.05) is 12.8 Å². The molecule has 0 spiro atoms. The SMILES string of the molecule is CSCCCCCCNc1cc2[nH]ncc2cc1N. The topological polar surface area (TPSA) is 66.7 Å². The first-order valence-corrected chi connectivity index (χ1v) is 8.16. The van der Waals surface area contributed by atoms with E-state index in [2.05, 4.69) is 21.8 Å². The van der Waals surface area contributed by atoms with Crippen LogP contribution in [0.25, 0.3) is 10.9 Å². The second kappa shape index (κ2) is 7.28. The lowest BCUT2D eigenvalue weighted by Crippen LogP contribution is -2.04. The fraction of sp³-hybridized carbons (Fsp3) is 0.500. The van der Waals surface area contributed by atoms with Crippen LogP contribution in [0, 0.1) is 0 Å². The first-order valence-electron chi connectivity index (χ1n) is 6.76. The first kappa shape index (κ1) is 14.1. The smallest absolute Gasteiger partial charge is 0.0672 e. The van der Waals surface area contributed by atoms with Gasteiger partial charge in [0.15, 0.2) is 0 Å². The minimum absolute atomic E-state index is 0.788. The van der Waals surface area contributed by atoms with Crippen molar-refractivity contribution in [3.05, 3.63) is 18.3 Å². The van der Waals surface area contributed by atoms with Crippen molar-refractivity contribution in [2.75, 3.05) is 29.6 Å². The molecular formula is C14H22N4S. The van der Waals surface area contributed by atoms with Crippen LogP contribution in [0.5, 0.6) is 0 Å². The van der Waals surface area contributed by atoms with Crippen LogP contribution in [0.3, 0.4) is 0 Å². The number of thioether (sulfide) groups is 1. The van der Waals surface area contributed by atoms with Crippen molar-refractivity contribution in [3.8, 4) is 0 Å². The number of unbranched alkanes of at least 4 members (excludes halogenated alkanes) is 3. The zero-order valence-electron chi connectivity index (χ0n) is 11.4. The number of rotatable bonds is 8. The van der Waals surface area contributed by atoms with E-state index in [4.69, 9.17) is 5.73 Å². The summed E-state index contributed by atoms with van der Waals surface area (Å²) in [7, 11) is 0. The first-order chi connectivity index (χ1) is 9.31. The third-order valence-electron chi connectivity index (χ3n) is 3.20. The third kappa shape index (κ3) is 4.06. The number of aromatic nitrogens is 2. The van der Waals surface area contributed by atoms with E-state index in [0.29, 0.717) is 0 Å². The number of nitrogens with zero attached hydrogens (tertiary/aromatic N) is 1. The van der Waals surface area contributed by atoms with Gasteiger partial charge in [0.05, 0.1) is 23.1 Å². The summed E-state index contributed by atoms with van der Waals surface area (Å²) in [6.07, 6.45) is 9.06. The third-order valence-corrected chi connectivity index (χ3v) is 3.90. The van der Waals surface area contributed by atoms with Gasteiger partial charge in [-0.2, -0.15) is 16.9 Å². The molecule has 1 heterocycles. The van der Waals surface area contributed by atoms with Crippen LogP contribution in [-0.4, -0.2) is 28.8 Å². The van der Waals surface area contributed by atoms with Gasteiger partial charge in [0.1, 0.15) is 0 Å². The maximum atomic E-state index is 6.02. The summed E-state index contributed by atoms with van der Waals surface area (Å²) in [6.45, 7) is 0.975. The fourth-order valence-corrected chi connectivity index (χ4v) is 2.60. The van der Waals surface area contributed by atoms with Crippen LogP contribution in [0.15, 0.2) is 18.3 Å². The number of nitrogens with one attached hydrogen (secondary N) is 2. The molecule has 19 heavy (non-hydrogen) atoms. The molecule has 4 nitrogen and oxygen atoms in total. The molecule has 104 valence electrons. The molecule has 5 heteroatoms. The van der Waals surface area contributed by atoms with Gasteiger partial charge in [-0.25, -0.2) is 0 Å². The largest absolute Gasteiger partial charge is 0.397 e. The molecule has 0 aliphatic rings. The maximum absolute atomic E-state index is 6.02. The molecule has 2 rings (SSSR count). The highest BCUT2D eigenvalue weighted by Gasteiger charge is 2.03. The van der Waals surface area contributed by atoms with E-state index >= 15 is 0 Å². The van der Waals surface area contributed by atoms with Crippen LogP contribution in [0.4, 0.5) is 11.4 Å². The van der Waals surface area contributed by atoms with Crippen molar-refractivity contribution in [2.24, 2.45) is 0 Å². The van der Waals surface area contributed by atoms with E-state index in [9.17, 15) is 0 Å². The predicted molar refractivity (Wildman–Crippen MR) is 85.8 cm³/mol. The number of hydrogen-bond acceptors (Lipinski definition) is 4. The molecule has 0 radical (unpaired) electrons. The molecule has 1 aromatic carbocycles. The average Bonchev–Trinajstić information content (AvgIpc) is 2.84. The van der Waals surface area contributed by atoms with Gasteiger partial charge in [-0.3, -0.25) is 5.10 Å². The van der Waals surface area contributed by atoms with Gasteiger partial charge in [0.25, 0.3) is 0 Å². The van der Waals surface area contributed by atoms with Gasteiger partial charge in [0, 0.05) is 11.9 Å². The Morgan fingerprint density at radius 1 is 1.26 bits per heavy atom. The molecule has 0 saturated heterocycles. The van der Waals surface area contributed by atoms with Gasteiger partial charge in [-0.05, 0) is 37.0 Å². The highest BCUT2D eigenvalue weighted by atomic mass is 32.2. The van der Waals surface area contributed by atoms with E-state index < -0.39 is 0 Å². The number of anilines is 2. The second-order valence-electron chi connectivity index (χ2n) is 4.73. The quantitative estimate of drug-likeness (QED) is 0.511. The molecule has 4 N–H and O–H groups in total. The molecule has 2 aromatic rings. The zero-order chi connectivity index (χ0) is 13.5. The number of nitrogens with two attached hydrogens (primary N) is 1. The Labute approximate surface area is 118 Å². The Balaban J connectivity index is 1.76. The van der Waals surface area contributed by atoms with Gasteiger partial charge in [0.2, 0.25) is 0 Å². The molecule has 0 unspecified atom stereocenters.